The van der Waals surface area contributed by atoms with Crippen LogP contribution in [-0.2, 0) is 0 Å². The summed E-state index contributed by atoms with van der Waals surface area (Å²) >= 11 is 4.04. The molecule has 0 aliphatic rings. The van der Waals surface area contributed by atoms with Crippen LogP contribution in [0.3, 0.4) is 0 Å². The van der Waals surface area contributed by atoms with E-state index in [9.17, 15) is 4.39 Å². The third kappa shape index (κ3) is 2.66. The lowest BCUT2D eigenvalue weighted by atomic mass is 10.2. The molecule has 0 atom stereocenters. The molecule has 0 aliphatic carbocycles. The van der Waals surface area contributed by atoms with Crippen LogP contribution in [0.2, 0.25) is 0 Å². The first-order chi connectivity index (χ1) is 5.84. The van der Waals surface area contributed by atoms with Gasteiger partial charge < -0.3 is 0 Å². The van der Waals surface area contributed by atoms with Gasteiger partial charge in [0.05, 0.1) is 6.20 Å². The number of aromatic nitrogens is 1. The summed E-state index contributed by atoms with van der Waals surface area (Å²) in [6, 6.07) is 1.64. The van der Waals surface area contributed by atoms with E-state index in [0.29, 0.717) is 5.56 Å². The molecule has 0 spiro atoms. The van der Waals surface area contributed by atoms with Crippen LogP contribution < -0.4 is 0 Å². The number of thiol groups is 1. The van der Waals surface area contributed by atoms with Crippen LogP contribution in [0.5, 0.6) is 0 Å². The molecule has 0 N–H and O–H groups in total. The van der Waals surface area contributed by atoms with E-state index in [1.807, 2.05) is 6.08 Å². The fraction of sp³-hybridized carbons (Fsp3) is 0.222. The van der Waals surface area contributed by atoms with Crippen molar-refractivity contribution in [2.45, 2.75) is 6.42 Å². The van der Waals surface area contributed by atoms with Gasteiger partial charge in [0.1, 0.15) is 5.82 Å². The minimum atomic E-state index is -0.284. The number of halogens is 1. The van der Waals surface area contributed by atoms with Crippen LogP contribution in [-0.4, -0.2) is 10.7 Å². The quantitative estimate of drug-likeness (QED) is 0.710. The Morgan fingerprint density at radius 2 is 2.42 bits per heavy atom. The Bertz CT molecular complexity index is 273. The first kappa shape index (κ1) is 9.26. The second-order valence-corrected chi connectivity index (χ2v) is 2.76. The SMILES string of the molecule is Fc1cnccc1C=CCCS. The van der Waals surface area contributed by atoms with Crippen LogP contribution in [0.4, 0.5) is 4.39 Å². The summed E-state index contributed by atoms with van der Waals surface area (Å²) in [5.74, 6) is 0.497. The summed E-state index contributed by atoms with van der Waals surface area (Å²) in [5, 5.41) is 0. The highest BCUT2D eigenvalue weighted by atomic mass is 32.1. The minimum Gasteiger partial charge on any atom is -0.262 e. The predicted octanol–water partition coefficient (Wildman–Crippen LogP) is 2.55. The van der Waals surface area contributed by atoms with E-state index in [0.717, 1.165) is 12.2 Å². The monoisotopic (exact) mass is 183 g/mol. The predicted molar refractivity (Wildman–Crippen MR) is 51.7 cm³/mol. The highest BCUT2D eigenvalue weighted by Crippen LogP contribution is 2.06. The standard InChI is InChI=1S/C9H10FNS/c10-9-7-11-5-4-8(9)3-1-2-6-12/h1,3-5,7,12H,2,6H2. The Morgan fingerprint density at radius 1 is 1.58 bits per heavy atom. The molecule has 1 aromatic heterocycles. The van der Waals surface area contributed by atoms with Crippen LogP contribution in [0.15, 0.2) is 24.5 Å². The summed E-state index contributed by atoms with van der Waals surface area (Å²) in [4.78, 5) is 3.65. The molecule has 0 amide bonds. The maximum Gasteiger partial charge on any atom is 0.148 e. The highest BCUT2D eigenvalue weighted by Gasteiger charge is 1.94. The van der Waals surface area contributed by atoms with Gasteiger partial charge in [-0.3, -0.25) is 4.98 Å². The van der Waals surface area contributed by atoms with E-state index in [1.165, 1.54) is 6.20 Å². The number of hydrogen-bond donors (Lipinski definition) is 1. The largest absolute Gasteiger partial charge is 0.262 e. The molecule has 0 bridgehead atoms. The van der Waals surface area contributed by atoms with Gasteiger partial charge in [0.15, 0.2) is 0 Å². The van der Waals surface area contributed by atoms with Crippen molar-refractivity contribution in [3.63, 3.8) is 0 Å². The van der Waals surface area contributed by atoms with Crippen molar-refractivity contribution in [1.29, 1.82) is 0 Å². The van der Waals surface area contributed by atoms with Crippen molar-refractivity contribution < 1.29 is 4.39 Å². The van der Waals surface area contributed by atoms with Crippen molar-refractivity contribution in [2.75, 3.05) is 5.75 Å². The second-order valence-electron chi connectivity index (χ2n) is 2.31. The number of hydrogen-bond acceptors (Lipinski definition) is 2. The number of rotatable bonds is 3. The van der Waals surface area contributed by atoms with E-state index in [1.54, 1.807) is 18.3 Å². The number of allylic oxidation sites excluding steroid dienone is 1. The lowest BCUT2D eigenvalue weighted by Gasteiger charge is -1.93. The fourth-order valence-corrected chi connectivity index (χ4v) is 0.955. The Balaban J connectivity index is 2.68. The van der Waals surface area contributed by atoms with E-state index in [4.69, 9.17) is 0 Å². The normalized spacial score (nSPS) is 10.8. The first-order valence-corrected chi connectivity index (χ1v) is 4.35. The minimum absolute atomic E-state index is 0.284. The first-order valence-electron chi connectivity index (χ1n) is 3.71. The molecule has 0 fully saturated rings. The third-order valence-electron chi connectivity index (χ3n) is 1.40. The molecule has 1 rings (SSSR count). The van der Waals surface area contributed by atoms with Crippen molar-refractivity contribution in [3.05, 3.63) is 35.9 Å². The zero-order valence-corrected chi connectivity index (χ0v) is 7.47. The lowest BCUT2D eigenvalue weighted by Crippen LogP contribution is -1.82. The summed E-state index contributed by atoms with van der Waals surface area (Å²) in [6.07, 6.45) is 7.27. The Labute approximate surface area is 76.7 Å². The van der Waals surface area contributed by atoms with Gasteiger partial charge in [0.25, 0.3) is 0 Å². The van der Waals surface area contributed by atoms with Crippen molar-refractivity contribution in [3.8, 4) is 0 Å². The molecule has 0 aliphatic heterocycles. The lowest BCUT2D eigenvalue weighted by molar-refractivity contribution is 0.618. The summed E-state index contributed by atoms with van der Waals surface area (Å²) in [7, 11) is 0. The van der Waals surface area contributed by atoms with Gasteiger partial charge in [-0.1, -0.05) is 12.2 Å². The van der Waals surface area contributed by atoms with Gasteiger partial charge in [-0.2, -0.15) is 12.6 Å². The molecule has 3 heteroatoms. The molecule has 1 nitrogen and oxygen atoms in total. The summed E-state index contributed by atoms with van der Waals surface area (Å²) < 4.78 is 12.9. The van der Waals surface area contributed by atoms with Crippen molar-refractivity contribution >= 4 is 18.7 Å². The molecular weight excluding hydrogens is 173 g/mol. The van der Waals surface area contributed by atoms with Gasteiger partial charge in [0.2, 0.25) is 0 Å². The van der Waals surface area contributed by atoms with Crippen LogP contribution in [0, 0.1) is 5.82 Å². The third-order valence-corrected chi connectivity index (χ3v) is 1.66. The zero-order valence-electron chi connectivity index (χ0n) is 6.57. The highest BCUT2D eigenvalue weighted by molar-refractivity contribution is 7.80. The van der Waals surface area contributed by atoms with E-state index < -0.39 is 0 Å². The number of nitrogens with zero attached hydrogens (tertiary/aromatic N) is 1. The molecule has 0 unspecified atom stereocenters. The average molecular weight is 183 g/mol. The molecule has 0 radical (unpaired) electrons. The van der Waals surface area contributed by atoms with Gasteiger partial charge in [-0.15, -0.1) is 0 Å². The molecule has 64 valence electrons. The zero-order chi connectivity index (χ0) is 8.81. The van der Waals surface area contributed by atoms with Crippen LogP contribution >= 0.6 is 12.6 Å². The Hall–Kier alpha value is -0.830. The topological polar surface area (TPSA) is 12.9 Å². The molecule has 12 heavy (non-hydrogen) atoms. The average Bonchev–Trinajstić information content (AvgIpc) is 2.09. The molecular formula is C9H10FNS. The van der Waals surface area contributed by atoms with E-state index in [2.05, 4.69) is 17.6 Å². The van der Waals surface area contributed by atoms with E-state index >= 15 is 0 Å². The molecule has 0 saturated heterocycles. The maximum absolute atomic E-state index is 12.9. The Morgan fingerprint density at radius 3 is 3.08 bits per heavy atom. The van der Waals surface area contributed by atoms with Gasteiger partial charge >= 0.3 is 0 Å². The van der Waals surface area contributed by atoms with Gasteiger partial charge in [-0.05, 0) is 18.2 Å². The maximum atomic E-state index is 12.9. The van der Waals surface area contributed by atoms with Gasteiger partial charge in [-0.25, -0.2) is 4.39 Å². The van der Waals surface area contributed by atoms with Crippen molar-refractivity contribution in [1.82, 2.24) is 4.98 Å². The molecule has 0 aromatic carbocycles. The fourth-order valence-electron chi connectivity index (χ4n) is 0.806. The van der Waals surface area contributed by atoms with Gasteiger partial charge in [0, 0.05) is 11.8 Å². The van der Waals surface area contributed by atoms with Crippen LogP contribution in [0.25, 0.3) is 6.08 Å². The summed E-state index contributed by atoms with van der Waals surface area (Å²) in [6.45, 7) is 0. The summed E-state index contributed by atoms with van der Waals surface area (Å²) in [5.41, 5.74) is 0.576. The van der Waals surface area contributed by atoms with Crippen LogP contribution in [0.1, 0.15) is 12.0 Å². The number of pyridine rings is 1. The van der Waals surface area contributed by atoms with E-state index in [-0.39, 0.29) is 5.82 Å². The molecule has 0 saturated carbocycles. The second kappa shape index (κ2) is 4.93. The van der Waals surface area contributed by atoms with Crippen molar-refractivity contribution in [2.24, 2.45) is 0 Å². The molecule has 1 aromatic rings. The Kier molecular flexibility index (Phi) is 3.80. The molecule has 1 heterocycles. The smallest absolute Gasteiger partial charge is 0.148 e.